The second kappa shape index (κ2) is 4.49. The van der Waals surface area contributed by atoms with Crippen molar-refractivity contribution in [3.8, 4) is 11.1 Å². The Labute approximate surface area is 103 Å². The predicted octanol–water partition coefficient (Wildman–Crippen LogP) is 3.34. The first-order chi connectivity index (χ1) is 8.82. The minimum absolute atomic E-state index is 0.598. The first kappa shape index (κ1) is 13.3. The SMILES string of the molecule is O=c1[nH]ccc(C(F)(F)F)c1-c1cccc(F)c1F. The van der Waals surface area contributed by atoms with Crippen LogP contribution in [0.3, 0.4) is 0 Å². The predicted molar refractivity (Wildman–Crippen MR) is 57.4 cm³/mol. The van der Waals surface area contributed by atoms with E-state index in [1.807, 2.05) is 4.98 Å². The minimum Gasteiger partial charge on any atom is -0.329 e. The molecule has 0 saturated carbocycles. The van der Waals surface area contributed by atoms with Gasteiger partial charge >= 0.3 is 6.18 Å². The number of aromatic nitrogens is 1. The van der Waals surface area contributed by atoms with Crippen LogP contribution in [0.15, 0.2) is 35.3 Å². The van der Waals surface area contributed by atoms with Gasteiger partial charge in [0.2, 0.25) is 0 Å². The van der Waals surface area contributed by atoms with Crippen LogP contribution in [0, 0.1) is 11.6 Å². The van der Waals surface area contributed by atoms with Crippen LogP contribution in [0.25, 0.3) is 11.1 Å². The molecule has 0 amide bonds. The molecule has 0 spiro atoms. The van der Waals surface area contributed by atoms with Gasteiger partial charge in [0, 0.05) is 11.8 Å². The topological polar surface area (TPSA) is 32.9 Å². The van der Waals surface area contributed by atoms with Gasteiger partial charge in [-0.05, 0) is 12.1 Å². The summed E-state index contributed by atoms with van der Waals surface area (Å²) in [6.45, 7) is 0. The van der Waals surface area contributed by atoms with Crippen LogP contribution in [0.5, 0.6) is 0 Å². The van der Waals surface area contributed by atoms with Crippen molar-refractivity contribution >= 4 is 0 Å². The molecule has 0 aliphatic rings. The van der Waals surface area contributed by atoms with Crippen molar-refractivity contribution in [3.63, 3.8) is 0 Å². The molecule has 1 heterocycles. The molecule has 2 rings (SSSR count). The number of hydrogen-bond acceptors (Lipinski definition) is 1. The molecule has 2 nitrogen and oxygen atoms in total. The maximum absolute atomic E-state index is 13.5. The maximum atomic E-state index is 13.5. The van der Waals surface area contributed by atoms with Crippen molar-refractivity contribution < 1.29 is 22.0 Å². The van der Waals surface area contributed by atoms with Gasteiger partial charge in [0.1, 0.15) is 0 Å². The van der Waals surface area contributed by atoms with E-state index in [4.69, 9.17) is 0 Å². The molecule has 0 aliphatic heterocycles. The van der Waals surface area contributed by atoms with E-state index < -0.39 is 40.1 Å². The molecule has 0 radical (unpaired) electrons. The van der Waals surface area contributed by atoms with Gasteiger partial charge in [-0.3, -0.25) is 4.79 Å². The molecule has 0 atom stereocenters. The summed E-state index contributed by atoms with van der Waals surface area (Å²) < 4.78 is 64.9. The zero-order chi connectivity index (χ0) is 14.2. The highest BCUT2D eigenvalue weighted by atomic mass is 19.4. The van der Waals surface area contributed by atoms with E-state index in [0.29, 0.717) is 6.07 Å². The summed E-state index contributed by atoms with van der Waals surface area (Å²) in [5.41, 5.74) is -4.12. The molecule has 1 N–H and O–H groups in total. The molecule has 0 aliphatic carbocycles. The first-order valence-corrected chi connectivity index (χ1v) is 5.05. The summed E-state index contributed by atoms with van der Waals surface area (Å²) in [5.74, 6) is -2.82. The second-order valence-corrected chi connectivity index (χ2v) is 3.69. The van der Waals surface area contributed by atoms with E-state index in [9.17, 15) is 26.7 Å². The van der Waals surface area contributed by atoms with Gasteiger partial charge in [0.25, 0.3) is 5.56 Å². The molecular weight excluding hydrogens is 269 g/mol. The zero-order valence-electron chi connectivity index (χ0n) is 9.18. The van der Waals surface area contributed by atoms with E-state index >= 15 is 0 Å². The second-order valence-electron chi connectivity index (χ2n) is 3.69. The average Bonchev–Trinajstić information content (AvgIpc) is 2.32. The highest BCUT2D eigenvalue weighted by Crippen LogP contribution is 2.35. The summed E-state index contributed by atoms with van der Waals surface area (Å²) in [6, 6.07) is 3.29. The Bertz CT molecular complexity index is 675. The van der Waals surface area contributed by atoms with Crippen molar-refractivity contribution in [3.05, 3.63) is 58.0 Å². The molecule has 1 aromatic heterocycles. The third-order valence-electron chi connectivity index (χ3n) is 2.49. The molecule has 2 aromatic rings. The lowest BCUT2D eigenvalue weighted by molar-refractivity contribution is -0.137. The van der Waals surface area contributed by atoms with Gasteiger partial charge in [0.15, 0.2) is 11.6 Å². The molecule has 19 heavy (non-hydrogen) atoms. The average molecular weight is 275 g/mol. The Morgan fingerprint density at radius 1 is 1.05 bits per heavy atom. The number of alkyl halides is 3. The van der Waals surface area contributed by atoms with E-state index in [-0.39, 0.29) is 0 Å². The Morgan fingerprint density at radius 2 is 1.74 bits per heavy atom. The van der Waals surface area contributed by atoms with Crippen molar-refractivity contribution in [2.75, 3.05) is 0 Å². The quantitative estimate of drug-likeness (QED) is 0.795. The van der Waals surface area contributed by atoms with Crippen molar-refractivity contribution in [1.82, 2.24) is 4.98 Å². The molecule has 0 unspecified atom stereocenters. The van der Waals surface area contributed by atoms with Gasteiger partial charge < -0.3 is 4.98 Å². The minimum atomic E-state index is -4.84. The van der Waals surface area contributed by atoms with Crippen LogP contribution >= 0.6 is 0 Å². The number of H-pyrrole nitrogens is 1. The van der Waals surface area contributed by atoms with Gasteiger partial charge in [-0.2, -0.15) is 13.2 Å². The molecule has 0 saturated heterocycles. The van der Waals surface area contributed by atoms with Crippen LogP contribution in [-0.2, 0) is 6.18 Å². The Balaban J connectivity index is 2.83. The van der Waals surface area contributed by atoms with Crippen LogP contribution < -0.4 is 5.56 Å². The summed E-state index contributed by atoms with van der Waals surface area (Å²) in [4.78, 5) is 13.5. The smallest absolute Gasteiger partial charge is 0.329 e. The maximum Gasteiger partial charge on any atom is 0.417 e. The van der Waals surface area contributed by atoms with Crippen LogP contribution in [0.1, 0.15) is 5.56 Å². The van der Waals surface area contributed by atoms with E-state index in [1.165, 1.54) is 0 Å². The summed E-state index contributed by atoms with van der Waals surface area (Å²) in [6.07, 6.45) is -4.05. The lowest BCUT2D eigenvalue weighted by atomic mass is 10.0. The van der Waals surface area contributed by atoms with Crippen molar-refractivity contribution in [2.45, 2.75) is 6.18 Å². The van der Waals surface area contributed by atoms with E-state index in [1.54, 1.807) is 0 Å². The number of pyridine rings is 1. The number of benzene rings is 1. The fourth-order valence-electron chi connectivity index (χ4n) is 1.68. The summed E-state index contributed by atoms with van der Waals surface area (Å²) in [7, 11) is 0. The summed E-state index contributed by atoms with van der Waals surface area (Å²) >= 11 is 0. The molecule has 7 heteroatoms. The Kier molecular flexibility index (Phi) is 3.13. The van der Waals surface area contributed by atoms with E-state index in [0.717, 1.165) is 24.4 Å². The van der Waals surface area contributed by atoms with Crippen LogP contribution in [0.4, 0.5) is 22.0 Å². The van der Waals surface area contributed by atoms with Gasteiger partial charge in [-0.1, -0.05) is 12.1 Å². The van der Waals surface area contributed by atoms with Crippen molar-refractivity contribution in [1.29, 1.82) is 0 Å². The Morgan fingerprint density at radius 3 is 2.37 bits per heavy atom. The van der Waals surface area contributed by atoms with Crippen molar-refractivity contribution in [2.24, 2.45) is 0 Å². The lowest BCUT2D eigenvalue weighted by Gasteiger charge is -2.12. The molecule has 100 valence electrons. The molecule has 1 aromatic carbocycles. The number of aromatic amines is 1. The zero-order valence-corrected chi connectivity index (χ0v) is 9.18. The van der Waals surface area contributed by atoms with Gasteiger partial charge in [0.05, 0.1) is 11.1 Å². The van der Waals surface area contributed by atoms with Gasteiger partial charge in [-0.25, -0.2) is 8.78 Å². The third-order valence-corrected chi connectivity index (χ3v) is 2.49. The lowest BCUT2D eigenvalue weighted by Crippen LogP contribution is -2.18. The number of hydrogen-bond donors (Lipinski definition) is 1. The number of nitrogens with one attached hydrogen (secondary N) is 1. The highest BCUT2D eigenvalue weighted by molar-refractivity contribution is 5.67. The van der Waals surface area contributed by atoms with Crippen LogP contribution in [0.2, 0.25) is 0 Å². The number of rotatable bonds is 1. The normalized spacial score (nSPS) is 11.6. The highest BCUT2D eigenvalue weighted by Gasteiger charge is 2.35. The molecule has 0 bridgehead atoms. The monoisotopic (exact) mass is 275 g/mol. The molecular formula is C12H6F5NO. The number of halogens is 5. The van der Waals surface area contributed by atoms with Crippen LogP contribution in [-0.4, -0.2) is 4.98 Å². The Hall–Kier alpha value is -2.18. The first-order valence-electron chi connectivity index (χ1n) is 5.05. The summed E-state index contributed by atoms with van der Waals surface area (Å²) in [5, 5.41) is 0. The van der Waals surface area contributed by atoms with E-state index in [2.05, 4.69) is 0 Å². The fraction of sp³-hybridized carbons (Fsp3) is 0.0833. The third kappa shape index (κ3) is 2.35. The standard InChI is InChI=1S/C12H6F5NO/c13-8-3-1-2-6(10(8)14)9-7(12(15,16)17)4-5-18-11(9)19/h1-5H,(H,18,19). The fourth-order valence-corrected chi connectivity index (χ4v) is 1.68. The molecule has 0 fully saturated rings. The van der Waals surface area contributed by atoms with Gasteiger partial charge in [-0.15, -0.1) is 0 Å². The largest absolute Gasteiger partial charge is 0.417 e.